The van der Waals surface area contributed by atoms with Gasteiger partial charge in [-0.15, -0.1) is 11.3 Å². The second-order valence-electron chi connectivity index (χ2n) is 6.26. The van der Waals surface area contributed by atoms with Gasteiger partial charge in [0.05, 0.1) is 0 Å². The zero-order chi connectivity index (χ0) is 18.2. The number of ether oxygens (including phenoxy) is 2. The van der Waals surface area contributed by atoms with Gasteiger partial charge in [-0.25, -0.2) is 4.98 Å². The Hall–Kier alpha value is -3.13. The molecule has 8 heteroatoms. The molecule has 7 nitrogen and oxygen atoms in total. The van der Waals surface area contributed by atoms with Crippen LogP contribution < -0.4 is 9.47 Å². The fraction of sp³-hybridized carbons (Fsp3) is 0.211. The minimum atomic E-state index is 0.252. The molecular formula is C19H16N4O3S. The molecule has 0 unspecified atom stereocenters. The summed E-state index contributed by atoms with van der Waals surface area (Å²) in [7, 11) is 0. The molecule has 1 aliphatic heterocycles. The Morgan fingerprint density at radius 2 is 2.11 bits per heavy atom. The third-order valence-electron chi connectivity index (χ3n) is 4.40. The number of fused-ring (bicyclic) bond motifs is 1. The molecule has 0 bridgehead atoms. The summed E-state index contributed by atoms with van der Waals surface area (Å²) in [5.41, 5.74) is 2.05. The maximum atomic E-state index is 5.50. The molecule has 0 radical (unpaired) electrons. The fourth-order valence-corrected chi connectivity index (χ4v) is 3.81. The van der Waals surface area contributed by atoms with Gasteiger partial charge in [-0.3, -0.25) is 0 Å². The van der Waals surface area contributed by atoms with E-state index in [0.29, 0.717) is 24.7 Å². The number of rotatable bonds is 5. The molecule has 4 heterocycles. The molecular weight excluding hydrogens is 364 g/mol. The molecule has 3 aromatic heterocycles. The Bertz CT molecular complexity index is 1080. The molecule has 27 heavy (non-hydrogen) atoms. The molecule has 1 aromatic carbocycles. The number of imidazole rings is 1. The summed E-state index contributed by atoms with van der Waals surface area (Å²) >= 11 is 1.68. The monoisotopic (exact) mass is 380 g/mol. The molecule has 136 valence electrons. The van der Waals surface area contributed by atoms with Crippen molar-refractivity contribution in [2.24, 2.45) is 0 Å². The molecule has 0 fully saturated rings. The molecule has 0 N–H and O–H groups in total. The van der Waals surface area contributed by atoms with E-state index < -0.39 is 0 Å². The third kappa shape index (κ3) is 3.08. The zero-order valence-electron chi connectivity index (χ0n) is 14.6. The first-order chi connectivity index (χ1) is 13.3. The van der Waals surface area contributed by atoms with E-state index in [4.69, 9.17) is 14.0 Å². The Kier molecular flexibility index (Phi) is 3.90. The van der Waals surface area contributed by atoms with E-state index in [-0.39, 0.29) is 6.79 Å². The van der Waals surface area contributed by atoms with Crippen molar-refractivity contribution >= 4 is 11.3 Å². The van der Waals surface area contributed by atoms with Crippen LogP contribution >= 0.6 is 11.3 Å². The van der Waals surface area contributed by atoms with E-state index in [1.54, 1.807) is 17.5 Å². The highest BCUT2D eigenvalue weighted by molar-refractivity contribution is 7.09. The molecule has 0 spiro atoms. The SMILES string of the molecule is Cc1cc2c(cc1-c1nccn1Cc1nc(Cc3cccs3)no1)OCO2. The Balaban J connectivity index is 1.41. The molecule has 4 aromatic rings. The van der Waals surface area contributed by atoms with Crippen molar-refractivity contribution in [2.75, 3.05) is 6.79 Å². The lowest BCUT2D eigenvalue weighted by atomic mass is 10.1. The molecule has 0 aliphatic carbocycles. The summed E-state index contributed by atoms with van der Waals surface area (Å²) in [6.07, 6.45) is 4.35. The standard InChI is InChI=1S/C19H16N4O3S/c1-12-7-15-16(25-11-24-15)9-14(12)19-20-4-5-23(19)10-18-21-17(22-26-18)8-13-3-2-6-27-13/h2-7,9H,8,10-11H2,1H3. The van der Waals surface area contributed by atoms with Crippen molar-refractivity contribution in [3.05, 3.63) is 64.2 Å². The number of benzene rings is 1. The van der Waals surface area contributed by atoms with Crippen LogP contribution in [-0.4, -0.2) is 26.5 Å². The van der Waals surface area contributed by atoms with Crippen molar-refractivity contribution in [1.82, 2.24) is 19.7 Å². The van der Waals surface area contributed by atoms with Crippen LogP contribution in [0.4, 0.5) is 0 Å². The summed E-state index contributed by atoms with van der Waals surface area (Å²) in [6.45, 7) is 2.74. The Morgan fingerprint density at radius 3 is 2.96 bits per heavy atom. The molecule has 0 atom stereocenters. The van der Waals surface area contributed by atoms with Gasteiger partial charge in [-0.1, -0.05) is 11.2 Å². The van der Waals surface area contributed by atoms with Crippen LogP contribution in [-0.2, 0) is 13.0 Å². The lowest BCUT2D eigenvalue weighted by Crippen LogP contribution is -2.02. The average molecular weight is 380 g/mol. The predicted molar refractivity (Wildman–Crippen MR) is 99.0 cm³/mol. The van der Waals surface area contributed by atoms with Crippen LogP contribution in [0, 0.1) is 6.92 Å². The van der Waals surface area contributed by atoms with Gasteiger partial charge >= 0.3 is 0 Å². The summed E-state index contributed by atoms with van der Waals surface area (Å²) in [6, 6.07) is 8.03. The first-order valence-electron chi connectivity index (χ1n) is 8.52. The van der Waals surface area contributed by atoms with E-state index in [1.807, 2.05) is 41.3 Å². The first kappa shape index (κ1) is 16.1. The van der Waals surface area contributed by atoms with Crippen molar-refractivity contribution < 1.29 is 14.0 Å². The van der Waals surface area contributed by atoms with E-state index in [9.17, 15) is 0 Å². The van der Waals surface area contributed by atoms with Gasteiger partial charge in [0.15, 0.2) is 17.3 Å². The largest absolute Gasteiger partial charge is 0.454 e. The second kappa shape index (κ2) is 6.55. The highest BCUT2D eigenvalue weighted by Crippen LogP contribution is 2.38. The number of nitrogens with zero attached hydrogens (tertiary/aromatic N) is 4. The molecule has 0 amide bonds. The van der Waals surface area contributed by atoms with Crippen molar-refractivity contribution in [3.63, 3.8) is 0 Å². The topological polar surface area (TPSA) is 75.2 Å². The lowest BCUT2D eigenvalue weighted by Gasteiger charge is -2.09. The Morgan fingerprint density at radius 1 is 1.22 bits per heavy atom. The van der Waals surface area contributed by atoms with Crippen LogP contribution in [0.3, 0.4) is 0 Å². The molecule has 0 saturated carbocycles. The third-order valence-corrected chi connectivity index (χ3v) is 5.28. The van der Waals surface area contributed by atoms with Crippen LogP contribution in [0.25, 0.3) is 11.4 Å². The summed E-state index contributed by atoms with van der Waals surface area (Å²) < 4.78 is 18.4. The van der Waals surface area contributed by atoms with E-state index in [2.05, 4.69) is 21.2 Å². The van der Waals surface area contributed by atoms with Gasteiger partial charge in [-0.2, -0.15) is 4.98 Å². The maximum Gasteiger partial charge on any atom is 0.246 e. The summed E-state index contributed by atoms with van der Waals surface area (Å²) in [5.74, 6) is 3.57. The number of thiophene rings is 1. The van der Waals surface area contributed by atoms with Gasteiger partial charge in [0.2, 0.25) is 12.7 Å². The number of hydrogen-bond donors (Lipinski definition) is 0. The van der Waals surface area contributed by atoms with Crippen LogP contribution in [0.1, 0.15) is 22.2 Å². The minimum absolute atomic E-state index is 0.252. The van der Waals surface area contributed by atoms with Gasteiger partial charge < -0.3 is 18.6 Å². The second-order valence-corrected chi connectivity index (χ2v) is 7.29. The number of hydrogen-bond acceptors (Lipinski definition) is 7. The van der Waals surface area contributed by atoms with E-state index in [0.717, 1.165) is 28.5 Å². The zero-order valence-corrected chi connectivity index (χ0v) is 15.4. The highest BCUT2D eigenvalue weighted by atomic mass is 32.1. The van der Waals surface area contributed by atoms with Gasteiger partial charge in [0, 0.05) is 29.3 Å². The normalized spacial score (nSPS) is 12.6. The first-order valence-corrected chi connectivity index (χ1v) is 9.40. The fourth-order valence-electron chi connectivity index (χ4n) is 3.11. The van der Waals surface area contributed by atoms with Gasteiger partial charge in [-0.05, 0) is 36.1 Å². The number of aromatic nitrogens is 4. The number of aryl methyl sites for hydroxylation is 1. The lowest BCUT2D eigenvalue weighted by molar-refractivity contribution is 0.174. The predicted octanol–water partition coefficient (Wildman–Crippen LogP) is 3.67. The molecule has 0 saturated heterocycles. The van der Waals surface area contributed by atoms with E-state index in [1.165, 1.54) is 4.88 Å². The maximum absolute atomic E-state index is 5.50. The average Bonchev–Trinajstić information content (AvgIpc) is 3.43. The van der Waals surface area contributed by atoms with Crippen molar-refractivity contribution in [1.29, 1.82) is 0 Å². The minimum Gasteiger partial charge on any atom is -0.454 e. The Labute approximate surface area is 159 Å². The van der Waals surface area contributed by atoms with Gasteiger partial charge in [0.25, 0.3) is 0 Å². The summed E-state index contributed by atoms with van der Waals surface area (Å²) in [5, 5.41) is 6.13. The van der Waals surface area contributed by atoms with Crippen LogP contribution in [0.15, 0.2) is 46.6 Å². The summed E-state index contributed by atoms with van der Waals surface area (Å²) in [4.78, 5) is 10.2. The van der Waals surface area contributed by atoms with Crippen LogP contribution in [0.2, 0.25) is 0 Å². The smallest absolute Gasteiger partial charge is 0.246 e. The van der Waals surface area contributed by atoms with Crippen molar-refractivity contribution in [2.45, 2.75) is 19.9 Å². The highest BCUT2D eigenvalue weighted by Gasteiger charge is 2.19. The van der Waals surface area contributed by atoms with Gasteiger partial charge in [0.1, 0.15) is 12.4 Å². The van der Waals surface area contributed by atoms with E-state index >= 15 is 0 Å². The molecule has 1 aliphatic rings. The quantitative estimate of drug-likeness (QED) is 0.526. The van der Waals surface area contributed by atoms with Crippen molar-refractivity contribution in [3.8, 4) is 22.9 Å². The molecule has 5 rings (SSSR count). The van der Waals surface area contributed by atoms with Crippen LogP contribution in [0.5, 0.6) is 11.5 Å².